The number of halogens is 2. The molecule has 0 heterocycles. The minimum atomic E-state index is -0.484. The number of methoxy groups -OCH3 is 2. The molecule has 0 fully saturated rings. The standard InChI is InChI=1S/C18H16BrClO3/c1-11-12(5-4-6-15(11)19)7-8-13-9-17(22-2)14(10-16(13)20)18(21)23-3/h4-10H,1-3H3/b8-7+. The normalized spacial score (nSPS) is 10.8. The zero-order valence-corrected chi connectivity index (χ0v) is 15.4. The molecule has 0 amide bonds. The van der Waals surface area contributed by atoms with Gasteiger partial charge in [0.15, 0.2) is 0 Å². The molecule has 0 saturated carbocycles. The van der Waals surface area contributed by atoms with Gasteiger partial charge in [-0.25, -0.2) is 4.79 Å². The van der Waals surface area contributed by atoms with Crippen LogP contribution in [0.25, 0.3) is 12.2 Å². The summed E-state index contributed by atoms with van der Waals surface area (Å²) in [5.74, 6) is -0.0611. The van der Waals surface area contributed by atoms with Gasteiger partial charge in [-0.2, -0.15) is 0 Å². The Balaban J connectivity index is 2.42. The second kappa shape index (κ2) is 7.66. The first-order valence-electron chi connectivity index (χ1n) is 6.87. The van der Waals surface area contributed by atoms with Crippen molar-refractivity contribution in [1.29, 1.82) is 0 Å². The van der Waals surface area contributed by atoms with Gasteiger partial charge in [0, 0.05) is 9.50 Å². The Morgan fingerprint density at radius 2 is 1.87 bits per heavy atom. The fourth-order valence-electron chi connectivity index (χ4n) is 2.12. The second-order valence-electron chi connectivity index (χ2n) is 4.85. The molecule has 0 radical (unpaired) electrons. The minimum absolute atomic E-state index is 0.302. The Kier molecular flexibility index (Phi) is 5.85. The van der Waals surface area contributed by atoms with Crippen molar-refractivity contribution >= 4 is 45.7 Å². The van der Waals surface area contributed by atoms with E-state index in [2.05, 4.69) is 15.9 Å². The summed E-state index contributed by atoms with van der Waals surface area (Å²) in [5.41, 5.74) is 3.27. The second-order valence-corrected chi connectivity index (χ2v) is 6.11. The van der Waals surface area contributed by atoms with Gasteiger partial charge in [-0.3, -0.25) is 0 Å². The van der Waals surface area contributed by atoms with Crippen LogP contribution in [0.2, 0.25) is 5.02 Å². The first-order chi connectivity index (χ1) is 11.0. The summed E-state index contributed by atoms with van der Waals surface area (Å²) in [6, 6.07) is 9.26. The number of hydrogen-bond acceptors (Lipinski definition) is 3. The number of benzene rings is 2. The van der Waals surface area contributed by atoms with E-state index in [0.717, 1.165) is 21.2 Å². The third-order valence-electron chi connectivity index (χ3n) is 3.48. The smallest absolute Gasteiger partial charge is 0.341 e. The summed E-state index contributed by atoms with van der Waals surface area (Å²) in [5, 5.41) is 0.454. The first-order valence-corrected chi connectivity index (χ1v) is 8.04. The molecule has 5 heteroatoms. The number of ether oxygens (including phenoxy) is 2. The van der Waals surface area contributed by atoms with Crippen molar-refractivity contribution in [3.8, 4) is 5.75 Å². The van der Waals surface area contributed by atoms with Gasteiger partial charge in [0.2, 0.25) is 0 Å². The van der Waals surface area contributed by atoms with E-state index >= 15 is 0 Å². The summed E-state index contributed by atoms with van der Waals surface area (Å²) in [6.07, 6.45) is 3.86. The summed E-state index contributed by atoms with van der Waals surface area (Å²) < 4.78 is 11.0. The zero-order chi connectivity index (χ0) is 17.0. The van der Waals surface area contributed by atoms with Crippen LogP contribution in [0.3, 0.4) is 0 Å². The Labute approximate surface area is 149 Å². The molecule has 0 atom stereocenters. The SMILES string of the molecule is COC(=O)c1cc(Cl)c(/C=C/c2cccc(Br)c2C)cc1OC. The molecule has 0 unspecified atom stereocenters. The molecular weight excluding hydrogens is 380 g/mol. The van der Waals surface area contributed by atoms with E-state index in [9.17, 15) is 4.79 Å². The van der Waals surface area contributed by atoms with Gasteiger partial charge >= 0.3 is 5.97 Å². The fraction of sp³-hybridized carbons (Fsp3) is 0.167. The lowest BCUT2D eigenvalue weighted by Crippen LogP contribution is -2.04. The van der Waals surface area contributed by atoms with Crippen LogP contribution in [-0.4, -0.2) is 20.2 Å². The molecule has 0 saturated heterocycles. The molecule has 2 aromatic carbocycles. The number of carbonyl (C=O) groups is 1. The first kappa shape index (κ1) is 17.6. The molecule has 0 aliphatic carbocycles. The lowest BCUT2D eigenvalue weighted by Gasteiger charge is -2.09. The zero-order valence-electron chi connectivity index (χ0n) is 13.0. The van der Waals surface area contributed by atoms with E-state index in [-0.39, 0.29) is 0 Å². The summed E-state index contributed by atoms with van der Waals surface area (Å²) in [4.78, 5) is 11.7. The molecule has 120 valence electrons. The molecule has 0 aliphatic heterocycles. The lowest BCUT2D eigenvalue weighted by atomic mass is 10.1. The van der Waals surface area contributed by atoms with Crippen LogP contribution in [0.15, 0.2) is 34.8 Å². The Bertz CT molecular complexity index is 769. The largest absolute Gasteiger partial charge is 0.496 e. The highest BCUT2D eigenvalue weighted by Crippen LogP contribution is 2.29. The number of hydrogen-bond donors (Lipinski definition) is 0. The van der Waals surface area contributed by atoms with Gasteiger partial charge < -0.3 is 9.47 Å². The van der Waals surface area contributed by atoms with Crippen molar-refractivity contribution in [3.05, 3.63) is 62.1 Å². The predicted molar refractivity (Wildman–Crippen MR) is 97.2 cm³/mol. The van der Waals surface area contributed by atoms with Crippen LogP contribution in [0.1, 0.15) is 27.0 Å². The van der Waals surface area contributed by atoms with E-state index in [1.807, 2.05) is 37.3 Å². The molecular formula is C18H16BrClO3. The maximum Gasteiger partial charge on any atom is 0.341 e. The van der Waals surface area contributed by atoms with Crippen LogP contribution >= 0.6 is 27.5 Å². The van der Waals surface area contributed by atoms with Gasteiger partial charge in [-0.15, -0.1) is 0 Å². The summed E-state index contributed by atoms with van der Waals surface area (Å²) in [7, 11) is 2.82. The number of esters is 1. The molecule has 0 aliphatic rings. The molecule has 2 rings (SSSR count). The van der Waals surface area contributed by atoms with Crippen LogP contribution < -0.4 is 4.74 Å². The third kappa shape index (κ3) is 3.95. The van der Waals surface area contributed by atoms with E-state index in [1.165, 1.54) is 14.2 Å². The molecule has 3 nitrogen and oxygen atoms in total. The van der Waals surface area contributed by atoms with Gasteiger partial charge in [0.05, 0.1) is 14.2 Å². The number of carbonyl (C=O) groups excluding carboxylic acids is 1. The highest BCUT2D eigenvalue weighted by Gasteiger charge is 2.15. The monoisotopic (exact) mass is 394 g/mol. The van der Waals surface area contributed by atoms with Crippen molar-refractivity contribution in [2.24, 2.45) is 0 Å². The van der Waals surface area contributed by atoms with Crippen molar-refractivity contribution in [3.63, 3.8) is 0 Å². The summed E-state index contributed by atoms with van der Waals surface area (Å²) >= 11 is 9.78. The molecule has 0 aromatic heterocycles. The molecule has 0 bridgehead atoms. The maximum atomic E-state index is 11.7. The average molecular weight is 396 g/mol. The Morgan fingerprint density at radius 1 is 1.17 bits per heavy atom. The third-order valence-corrected chi connectivity index (χ3v) is 4.66. The van der Waals surface area contributed by atoms with E-state index in [0.29, 0.717) is 16.3 Å². The van der Waals surface area contributed by atoms with Gasteiger partial charge in [0.25, 0.3) is 0 Å². The van der Waals surface area contributed by atoms with Crippen molar-refractivity contribution in [2.75, 3.05) is 14.2 Å². The quantitative estimate of drug-likeness (QED) is 0.515. The van der Waals surface area contributed by atoms with Crippen LogP contribution in [-0.2, 0) is 4.74 Å². The van der Waals surface area contributed by atoms with Crippen LogP contribution in [0.4, 0.5) is 0 Å². The van der Waals surface area contributed by atoms with Gasteiger partial charge in [0.1, 0.15) is 11.3 Å². The predicted octanol–water partition coefficient (Wildman–Crippen LogP) is 5.38. The average Bonchev–Trinajstić information content (AvgIpc) is 2.56. The summed E-state index contributed by atoms with van der Waals surface area (Å²) in [6.45, 7) is 2.03. The van der Waals surface area contributed by atoms with E-state index < -0.39 is 5.97 Å². The van der Waals surface area contributed by atoms with Crippen LogP contribution in [0, 0.1) is 6.92 Å². The number of rotatable bonds is 4. The lowest BCUT2D eigenvalue weighted by molar-refractivity contribution is 0.0597. The minimum Gasteiger partial charge on any atom is -0.496 e. The molecule has 0 spiro atoms. The maximum absolute atomic E-state index is 11.7. The van der Waals surface area contributed by atoms with E-state index in [1.54, 1.807) is 12.1 Å². The van der Waals surface area contributed by atoms with Gasteiger partial charge in [-0.1, -0.05) is 51.8 Å². The van der Waals surface area contributed by atoms with Crippen molar-refractivity contribution in [2.45, 2.75) is 6.92 Å². The highest BCUT2D eigenvalue weighted by molar-refractivity contribution is 9.10. The topological polar surface area (TPSA) is 35.5 Å². The fourth-order valence-corrected chi connectivity index (χ4v) is 2.73. The Morgan fingerprint density at radius 3 is 2.52 bits per heavy atom. The molecule has 23 heavy (non-hydrogen) atoms. The molecule has 2 aromatic rings. The van der Waals surface area contributed by atoms with E-state index in [4.69, 9.17) is 21.1 Å². The molecule has 0 N–H and O–H groups in total. The Hall–Kier alpha value is -1.78. The van der Waals surface area contributed by atoms with Crippen LogP contribution in [0.5, 0.6) is 5.75 Å². The van der Waals surface area contributed by atoms with Gasteiger partial charge in [-0.05, 0) is 41.8 Å². The van der Waals surface area contributed by atoms with Crippen molar-refractivity contribution in [1.82, 2.24) is 0 Å². The highest BCUT2D eigenvalue weighted by atomic mass is 79.9. The van der Waals surface area contributed by atoms with Crippen molar-refractivity contribution < 1.29 is 14.3 Å².